The summed E-state index contributed by atoms with van der Waals surface area (Å²) in [6.07, 6.45) is -0.692. The number of benzene rings is 2. The Morgan fingerprint density at radius 3 is 2.59 bits per heavy atom. The number of hydrogen-bond donors (Lipinski definition) is 2. The van der Waals surface area contributed by atoms with Crippen molar-refractivity contribution in [2.24, 2.45) is 11.7 Å². The van der Waals surface area contributed by atoms with Crippen molar-refractivity contribution in [3.05, 3.63) is 53.6 Å². The Morgan fingerprint density at radius 1 is 1.19 bits per heavy atom. The van der Waals surface area contributed by atoms with Crippen LogP contribution in [0.1, 0.15) is 22.3 Å². The third kappa shape index (κ3) is 3.95. The SMILES string of the molecule is COc1ccc(-c2ccccc2C)c(C(=O)N2C[C@@H](CC(N)=O)[C@H](O)C2)c1. The van der Waals surface area contributed by atoms with Gasteiger partial charge >= 0.3 is 0 Å². The molecule has 0 unspecified atom stereocenters. The number of nitrogens with zero attached hydrogens (tertiary/aromatic N) is 1. The molecule has 0 saturated carbocycles. The molecule has 1 aliphatic rings. The molecule has 1 aliphatic heterocycles. The zero-order valence-corrected chi connectivity index (χ0v) is 15.5. The number of aryl methyl sites for hydroxylation is 1. The Labute approximate surface area is 158 Å². The predicted molar refractivity (Wildman–Crippen MR) is 102 cm³/mol. The van der Waals surface area contributed by atoms with Crippen LogP contribution in [0.15, 0.2) is 42.5 Å². The van der Waals surface area contributed by atoms with E-state index in [1.807, 2.05) is 43.3 Å². The molecule has 2 aromatic rings. The first-order valence-electron chi connectivity index (χ1n) is 8.90. The molecule has 6 heteroatoms. The van der Waals surface area contributed by atoms with Crippen LogP contribution in [0.4, 0.5) is 0 Å². The number of β-amino-alcohol motifs (C(OH)–C–C–N with tert-alkyl or cyclic N) is 1. The highest BCUT2D eigenvalue weighted by molar-refractivity contribution is 6.02. The highest BCUT2D eigenvalue weighted by Gasteiger charge is 2.36. The van der Waals surface area contributed by atoms with E-state index in [1.54, 1.807) is 18.1 Å². The van der Waals surface area contributed by atoms with Crippen molar-refractivity contribution in [3.63, 3.8) is 0 Å². The lowest BCUT2D eigenvalue weighted by atomic mass is 9.95. The van der Waals surface area contributed by atoms with Gasteiger partial charge in [0.1, 0.15) is 5.75 Å². The second kappa shape index (κ2) is 7.80. The fourth-order valence-electron chi connectivity index (χ4n) is 3.59. The van der Waals surface area contributed by atoms with E-state index in [2.05, 4.69) is 0 Å². The first-order valence-corrected chi connectivity index (χ1v) is 8.90. The predicted octanol–water partition coefficient (Wildman–Crippen LogP) is 1.98. The lowest BCUT2D eigenvalue weighted by Crippen LogP contribution is -2.30. The summed E-state index contributed by atoms with van der Waals surface area (Å²) < 4.78 is 5.30. The van der Waals surface area contributed by atoms with Crippen molar-refractivity contribution in [1.82, 2.24) is 4.90 Å². The van der Waals surface area contributed by atoms with E-state index < -0.39 is 12.0 Å². The molecule has 1 saturated heterocycles. The fraction of sp³-hybridized carbons (Fsp3) is 0.333. The number of hydrogen-bond acceptors (Lipinski definition) is 4. The first kappa shape index (κ1) is 18.9. The van der Waals surface area contributed by atoms with E-state index in [4.69, 9.17) is 10.5 Å². The Balaban J connectivity index is 1.97. The third-order valence-corrected chi connectivity index (χ3v) is 5.05. The van der Waals surface area contributed by atoms with Crippen LogP contribution >= 0.6 is 0 Å². The maximum Gasteiger partial charge on any atom is 0.254 e. The van der Waals surface area contributed by atoms with Crippen molar-refractivity contribution in [2.45, 2.75) is 19.4 Å². The normalized spacial score (nSPS) is 19.1. The number of nitrogens with two attached hydrogens (primary N) is 1. The quantitative estimate of drug-likeness (QED) is 0.844. The van der Waals surface area contributed by atoms with Crippen LogP contribution in [-0.4, -0.2) is 48.1 Å². The first-order chi connectivity index (χ1) is 12.9. The van der Waals surface area contributed by atoms with E-state index in [0.717, 1.165) is 16.7 Å². The Morgan fingerprint density at radius 2 is 1.93 bits per heavy atom. The highest BCUT2D eigenvalue weighted by atomic mass is 16.5. The number of aliphatic hydroxyl groups is 1. The summed E-state index contributed by atoms with van der Waals surface area (Å²) in [5, 5.41) is 10.2. The molecule has 142 valence electrons. The summed E-state index contributed by atoms with van der Waals surface area (Å²) in [6, 6.07) is 13.3. The van der Waals surface area contributed by atoms with E-state index >= 15 is 0 Å². The van der Waals surface area contributed by atoms with Crippen molar-refractivity contribution in [1.29, 1.82) is 0 Å². The number of rotatable bonds is 5. The van der Waals surface area contributed by atoms with Gasteiger partial charge in [-0.1, -0.05) is 24.3 Å². The van der Waals surface area contributed by atoms with Crippen LogP contribution in [0.2, 0.25) is 0 Å². The molecule has 6 nitrogen and oxygen atoms in total. The highest BCUT2D eigenvalue weighted by Crippen LogP contribution is 2.32. The van der Waals surface area contributed by atoms with Gasteiger partial charge in [0, 0.05) is 25.4 Å². The minimum atomic E-state index is -0.756. The maximum atomic E-state index is 13.2. The van der Waals surface area contributed by atoms with E-state index in [1.165, 1.54) is 0 Å². The van der Waals surface area contributed by atoms with Gasteiger partial charge in [-0.3, -0.25) is 9.59 Å². The molecule has 0 spiro atoms. The molecule has 0 bridgehead atoms. The maximum absolute atomic E-state index is 13.2. The molecule has 0 aromatic heterocycles. The van der Waals surface area contributed by atoms with Gasteiger partial charge in [0.2, 0.25) is 5.91 Å². The summed E-state index contributed by atoms with van der Waals surface area (Å²) in [5.41, 5.74) is 8.60. The standard InChI is InChI=1S/C21H24N2O4/c1-13-5-3-4-6-16(13)17-8-7-15(27-2)10-18(17)21(26)23-11-14(9-20(22)25)19(24)12-23/h3-8,10,14,19,24H,9,11-12H2,1-2H3,(H2,22,25)/t14-,19-/m1/s1. The molecular weight excluding hydrogens is 344 g/mol. The van der Waals surface area contributed by atoms with Crippen LogP contribution < -0.4 is 10.5 Å². The van der Waals surface area contributed by atoms with E-state index in [-0.39, 0.29) is 24.8 Å². The summed E-state index contributed by atoms with van der Waals surface area (Å²) in [6.45, 7) is 2.48. The molecule has 2 amide bonds. The number of primary amides is 1. The molecule has 3 rings (SSSR count). The van der Waals surface area contributed by atoms with Crippen molar-refractivity contribution in [2.75, 3.05) is 20.2 Å². The third-order valence-electron chi connectivity index (χ3n) is 5.05. The largest absolute Gasteiger partial charge is 0.497 e. The van der Waals surface area contributed by atoms with E-state index in [9.17, 15) is 14.7 Å². The smallest absolute Gasteiger partial charge is 0.254 e. The number of methoxy groups -OCH3 is 1. The van der Waals surface area contributed by atoms with Gasteiger partial charge in [0.05, 0.1) is 18.8 Å². The number of ether oxygens (including phenoxy) is 1. The summed E-state index contributed by atoms with van der Waals surface area (Å²) >= 11 is 0. The van der Waals surface area contributed by atoms with Crippen LogP contribution in [-0.2, 0) is 4.79 Å². The minimum absolute atomic E-state index is 0.0632. The van der Waals surface area contributed by atoms with E-state index in [0.29, 0.717) is 17.9 Å². The average molecular weight is 368 g/mol. The van der Waals surface area contributed by atoms with Crippen LogP contribution in [0, 0.1) is 12.8 Å². The van der Waals surface area contributed by atoms with Crippen molar-refractivity contribution >= 4 is 11.8 Å². The minimum Gasteiger partial charge on any atom is -0.497 e. The molecular formula is C21H24N2O4. The molecule has 1 fully saturated rings. The van der Waals surface area contributed by atoms with Gasteiger partial charge in [0.15, 0.2) is 0 Å². The van der Waals surface area contributed by atoms with Gasteiger partial charge in [0.25, 0.3) is 5.91 Å². The molecule has 3 N–H and O–H groups in total. The number of amides is 2. The number of likely N-dealkylation sites (tertiary alicyclic amines) is 1. The van der Waals surface area contributed by atoms with Crippen molar-refractivity contribution in [3.8, 4) is 16.9 Å². The number of carbonyl (C=O) groups is 2. The summed E-state index contributed by atoms with van der Waals surface area (Å²) in [7, 11) is 1.56. The fourth-order valence-corrected chi connectivity index (χ4v) is 3.59. The van der Waals surface area contributed by atoms with Crippen LogP contribution in [0.3, 0.4) is 0 Å². The average Bonchev–Trinajstić information content (AvgIpc) is 3.01. The lowest BCUT2D eigenvalue weighted by Gasteiger charge is -2.20. The van der Waals surface area contributed by atoms with Gasteiger partial charge in [-0.15, -0.1) is 0 Å². The second-order valence-electron chi connectivity index (χ2n) is 6.93. The van der Waals surface area contributed by atoms with Gasteiger partial charge in [-0.25, -0.2) is 0 Å². The molecule has 2 aromatic carbocycles. The number of carbonyl (C=O) groups excluding carboxylic acids is 2. The Bertz CT molecular complexity index is 865. The van der Waals surface area contributed by atoms with Gasteiger partial charge in [-0.05, 0) is 41.8 Å². The van der Waals surface area contributed by atoms with Crippen LogP contribution in [0.5, 0.6) is 5.75 Å². The Hall–Kier alpha value is -2.86. The molecule has 27 heavy (non-hydrogen) atoms. The molecule has 0 radical (unpaired) electrons. The zero-order chi connectivity index (χ0) is 19.6. The summed E-state index contributed by atoms with van der Waals surface area (Å²) in [5.74, 6) is -0.420. The molecule has 1 heterocycles. The second-order valence-corrected chi connectivity index (χ2v) is 6.93. The van der Waals surface area contributed by atoms with Crippen molar-refractivity contribution < 1.29 is 19.4 Å². The molecule has 2 atom stereocenters. The van der Waals surface area contributed by atoms with Gasteiger partial charge in [-0.2, -0.15) is 0 Å². The zero-order valence-electron chi connectivity index (χ0n) is 15.5. The monoisotopic (exact) mass is 368 g/mol. The topological polar surface area (TPSA) is 92.9 Å². The number of aliphatic hydroxyl groups excluding tert-OH is 1. The van der Waals surface area contributed by atoms with Gasteiger partial charge < -0.3 is 20.5 Å². The lowest BCUT2D eigenvalue weighted by molar-refractivity contribution is -0.119. The molecule has 0 aliphatic carbocycles. The van der Waals surface area contributed by atoms with Crippen LogP contribution in [0.25, 0.3) is 11.1 Å². The summed E-state index contributed by atoms with van der Waals surface area (Å²) in [4.78, 5) is 26.0. The Kier molecular flexibility index (Phi) is 5.46.